The number of hydrogen-bond donors (Lipinski definition) is 1. The molecule has 0 aliphatic heterocycles. The van der Waals surface area contributed by atoms with Gasteiger partial charge < -0.3 is 10.2 Å². The Morgan fingerprint density at radius 1 is 1.14 bits per heavy atom. The number of rotatable bonds is 2. The van der Waals surface area contributed by atoms with Crippen LogP contribution >= 0.6 is 23.2 Å². The fourth-order valence-electron chi connectivity index (χ4n) is 1.94. The highest BCUT2D eigenvalue weighted by atomic mass is 35.5. The molecule has 3 aromatic rings. The van der Waals surface area contributed by atoms with Crippen LogP contribution in [0.3, 0.4) is 0 Å². The number of hydrogen-bond acceptors (Lipinski definition) is 3. The molecule has 1 aromatic heterocycles. The summed E-state index contributed by atoms with van der Waals surface area (Å²) in [5.74, 6) is 0.969. The van der Waals surface area contributed by atoms with Gasteiger partial charge in [-0.1, -0.05) is 23.2 Å². The van der Waals surface area contributed by atoms with Gasteiger partial charge in [-0.2, -0.15) is 0 Å². The van der Waals surface area contributed by atoms with E-state index >= 15 is 0 Å². The number of nitrogens with two attached hydrogens (primary N) is 1. The van der Waals surface area contributed by atoms with Crippen LogP contribution in [0, 0.1) is 0 Å². The summed E-state index contributed by atoms with van der Waals surface area (Å²) in [5.41, 5.74) is 8.45. The van der Waals surface area contributed by atoms with E-state index in [9.17, 15) is 0 Å². The summed E-state index contributed by atoms with van der Waals surface area (Å²) in [4.78, 5) is 8.63. The zero-order valence-electron chi connectivity index (χ0n) is 11.1. The number of nitrogens with zero attached hydrogens (tertiary/aromatic N) is 2. The van der Waals surface area contributed by atoms with Gasteiger partial charge in [0.2, 0.25) is 5.89 Å². The Morgan fingerprint density at radius 3 is 2.67 bits per heavy atom. The standard InChI is InChI=1S/C15H11Cl2N3O/c1-8(18)19-10-3-5-14-13(7-10)20-15(21-14)9-2-4-11(16)12(17)6-9/h2-7H,1H3,(H2,18,19). The minimum Gasteiger partial charge on any atom is -0.436 e. The molecular formula is C15H11Cl2N3O. The first-order valence-electron chi connectivity index (χ1n) is 6.20. The SMILES string of the molecule is CC(N)=Nc1ccc2oc(-c3ccc(Cl)c(Cl)c3)nc2c1. The first kappa shape index (κ1) is 13.9. The van der Waals surface area contributed by atoms with Gasteiger partial charge in [0, 0.05) is 5.56 Å². The maximum absolute atomic E-state index is 6.01. The number of fused-ring (bicyclic) bond motifs is 1. The quantitative estimate of drug-likeness (QED) is 0.544. The second-order valence-electron chi connectivity index (χ2n) is 4.55. The van der Waals surface area contributed by atoms with Crippen molar-refractivity contribution in [3.05, 3.63) is 46.4 Å². The van der Waals surface area contributed by atoms with Gasteiger partial charge >= 0.3 is 0 Å². The molecular weight excluding hydrogens is 309 g/mol. The molecule has 0 aliphatic carbocycles. The Bertz CT molecular complexity index is 851. The third-order valence-electron chi connectivity index (χ3n) is 2.84. The molecule has 0 bridgehead atoms. The van der Waals surface area contributed by atoms with Crippen molar-refractivity contribution in [2.75, 3.05) is 0 Å². The van der Waals surface area contributed by atoms with Crippen molar-refractivity contribution in [1.82, 2.24) is 4.98 Å². The Hall–Kier alpha value is -2.04. The molecule has 0 saturated carbocycles. The normalized spacial score (nSPS) is 12.0. The van der Waals surface area contributed by atoms with Gasteiger partial charge in [0.05, 0.1) is 21.6 Å². The van der Waals surface area contributed by atoms with E-state index in [-0.39, 0.29) is 0 Å². The van der Waals surface area contributed by atoms with Crippen molar-refractivity contribution in [3.8, 4) is 11.5 Å². The maximum Gasteiger partial charge on any atom is 0.227 e. The number of oxazole rings is 1. The van der Waals surface area contributed by atoms with Crippen LogP contribution < -0.4 is 5.73 Å². The fraction of sp³-hybridized carbons (Fsp3) is 0.0667. The molecule has 0 spiro atoms. The number of aliphatic imine (C=N–C) groups is 1. The number of amidine groups is 1. The summed E-state index contributed by atoms with van der Waals surface area (Å²) in [5, 5.41) is 0.951. The van der Waals surface area contributed by atoms with E-state index in [0.29, 0.717) is 32.9 Å². The Balaban J connectivity index is 2.08. The van der Waals surface area contributed by atoms with E-state index in [2.05, 4.69) is 9.98 Å². The molecule has 0 fully saturated rings. The summed E-state index contributed by atoms with van der Waals surface area (Å²) in [6, 6.07) is 10.7. The van der Waals surface area contributed by atoms with Gasteiger partial charge in [0.25, 0.3) is 0 Å². The highest BCUT2D eigenvalue weighted by Gasteiger charge is 2.10. The average Bonchev–Trinajstić information content (AvgIpc) is 2.84. The lowest BCUT2D eigenvalue weighted by molar-refractivity contribution is 0.620. The molecule has 0 saturated heterocycles. The maximum atomic E-state index is 6.01. The highest BCUT2D eigenvalue weighted by Crippen LogP contribution is 2.31. The van der Waals surface area contributed by atoms with Gasteiger partial charge in [0.1, 0.15) is 5.52 Å². The molecule has 0 radical (unpaired) electrons. The Kier molecular flexibility index (Phi) is 3.57. The third kappa shape index (κ3) is 2.86. The van der Waals surface area contributed by atoms with Crippen LogP contribution in [0.2, 0.25) is 10.0 Å². The Labute approximate surface area is 131 Å². The molecule has 0 amide bonds. The van der Waals surface area contributed by atoms with Crippen LogP contribution in [0.25, 0.3) is 22.6 Å². The smallest absolute Gasteiger partial charge is 0.227 e. The second-order valence-corrected chi connectivity index (χ2v) is 5.37. The second kappa shape index (κ2) is 5.39. The summed E-state index contributed by atoms with van der Waals surface area (Å²) in [6.45, 7) is 1.73. The number of benzene rings is 2. The minimum absolute atomic E-state index is 0.459. The van der Waals surface area contributed by atoms with Crippen LogP contribution in [0.1, 0.15) is 6.92 Å². The van der Waals surface area contributed by atoms with E-state index in [1.807, 2.05) is 24.3 Å². The number of halogens is 2. The van der Waals surface area contributed by atoms with Crippen LogP contribution in [-0.2, 0) is 0 Å². The monoisotopic (exact) mass is 319 g/mol. The lowest BCUT2D eigenvalue weighted by atomic mass is 10.2. The van der Waals surface area contributed by atoms with Crippen molar-refractivity contribution in [2.45, 2.75) is 6.92 Å². The summed E-state index contributed by atoms with van der Waals surface area (Å²) < 4.78 is 5.72. The lowest BCUT2D eigenvalue weighted by Crippen LogP contribution is -2.03. The van der Waals surface area contributed by atoms with Crippen LogP contribution in [0.15, 0.2) is 45.8 Å². The van der Waals surface area contributed by atoms with Crippen molar-refractivity contribution < 1.29 is 4.42 Å². The van der Waals surface area contributed by atoms with Gasteiger partial charge in [-0.15, -0.1) is 0 Å². The number of aromatic nitrogens is 1. The zero-order chi connectivity index (χ0) is 15.0. The molecule has 3 rings (SSSR count). The minimum atomic E-state index is 0.459. The first-order chi connectivity index (χ1) is 10.0. The molecule has 1 heterocycles. The first-order valence-corrected chi connectivity index (χ1v) is 6.95. The fourth-order valence-corrected chi connectivity index (χ4v) is 2.24. The summed E-state index contributed by atoms with van der Waals surface area (Å²) in [7, 11) is 0. The molecule has 0 aliphatic rings. The van der Waals surface area contributed by atoms with Gasteiger partial charge in [-0.05, 0) is 43.3 Å². The highest BCUT2D eigenvalue weighted by molar-refractivity contribution is 6.42. The largest absolute Gasteiger partial charge is 0.436 e. The van der Waals surface area contributed by atoms with E-state index < -0.39 is 0 Å². The average molecular weight is 320 g/mol. The van der Waals surface area contributed by atoms with Crippen LogP contribution in [0.5, 0.6) is 0 Å². The van der Waals surface area contributed by atoms with Crippen molar-refractivity contribution in [2.24, 2.45) is 10.7 Å². The molecule has 2 N–H and O–H groups in total. The van der Waals surface area contributed by atoms with Crippen LogP contribution in [-0.4, -0.2) is 10.8 Å². The van der Waals surface area contributed by atoms with Crippen LogP contribution in [0.4, 0.5) is 5.69 Å². The van der Waals surface area contributed by atoms with Crippen molar-refractivity contribution in [1.29, 1.82) is 0 Å². The summed E-state index contributed by atoms with van der Waals surface area (Å²) >= 11 is 11.9. The molecule has 21 heavy (non-hydrogen) atoms. The topological polar surface area (TPSA) is 64.4 Å². The molecule has 0 atom stereocenters. The van der Waals surface area contributed by atoms with Gasteiger partial charge in [-0.25, -0.2) is 9.98 Å². The van der Waals surface area contributed by atoms with E-state index in [1.54, 1.807) is 19.1 Å². The predicted molar refractivity (Wildman–Crippen MR) is 86.4 cm³/mol. The molecule has 106 valence electrons. The van der Waals surface area contributed by atoms with Gasteiger partial charge in [-0.3, -0.25) is 0 Å². The van der Waals surface area contributed by atoms with E-state index in [0.717, 1.165) is 11.3 Å². The molecule has 0 unspecified atom stereocenters. The summed E-state index contributed by atoms with van der Waals surface area (Å²) in [6.07, 6.45) is 0. The van der Waals surface area contributed by atoms with Crippen molar-refractivity contribution in [3.63, 3.8) is 0 Å². The molecule has 6 heteroatoms. The predicted octanol–water partition coefficient (Wildman–Crippen LogP) is 4.81. The molecule has 2 aromatic carbocycles. The third-order valence-corrected chi connectivity index (χ3v) is 3.58. The van der Waals surface area contributed by atoms with Gasteiger partial charge in [0.15, 0.2) is 5.58 Å². The molecule has 4 nitrogen and oxygen atoms in total. The zero-order valence-corrected chi connectivity index (χ0v) is 12.6. The van der Waals surface area contributed by atoms with E-state index in [4.69, 9.17) is 33.4 Å². The van der Waals surface area contributed by atoms with E-state index in [1.165, 1.54) is 0 Å². The van der Waals surface area contributed by atoms with Crippen molar-refractivity contribution >= 4 is 45.8 Å². The lowest BCUT2D eigenvalue weighted by Gasteiger charge is -1.97. The Morgan fingerprint density at radius 2 is 1.95 bits per heavy atom.